The van der Waals surface area contributed by atoms with E-state index in [-0.39, 0.29) is 11.1 Å². The molecule has 0 bridgehead atoms. The average Bonchev–Trinajstić information content (AvgIpc) is 2.33. The summed E-state index contributed by atoms with van der Waals surface area (Å²) in [6, 6.07) is 6.70. The van der Waals surface area contributed by atoms with Crippen LogP contribution in [0.1, 0.15) is 11.7 Å². The Labute approximate surface area is 104 Å². The lowest BCUT2D eigenvalue weighted by molar-refractivity contribution is -0.0255. The number of morpholine rings is 1. The minimum atomic E-state index is -0.430. The van der Waals surface area contributed by atoms with Gasteiger partial charge in [0.25, 0.3) is 0 Å². The molecular formula is C12H12ClFN2O. The van der Waals surface area contributed by atoms with Crippen molar-refractivity contribution in [2.24, 2.45) is 0 Å². The van der Waals surface area contributed by atoms with Gasteiger partial charge < -0.3 is 4.74 Å². The number of benzene rings is 1. The lowest BCUT2D eigenvalue weighted by Crippen LogP contribution is -2.38. The van der Waals surface area contributed by atoms with Gasteiger partial charge in [-0.05, 0) is 17.7 Å². The van der Waals surface area contributed by atoms with Gasteiger partial charge in [0.1, 0.15) is 5.82 Å². The summed E-state index contributed by atoms with van der Waals surface area (Å²) in [5, 5.41) is 8.75. The van der Waals surface area contributed by atoms with Gasteiger partial charge in [0.2, 0.25) is 0 Å². The molecule has 0 aliphatic carbocycles. The normalized spacial score (nSPS) is 21.1. The number of hydrogen-bond acceptors (Lipinski definition) is 3. The molecule has 1 aromatic rings. The Morgan fingerprint density at radius 1 is 1.59 bits per heavy atom. The molecule has 1 fully saturated rings. The molecule has 0 spiro atoms. The Kier molecular flexibility index (Phi) is 3.95. The molecule has 0 amide bonds. The third-order valence-corrected chi connectivity index (χ3v) is 3.05. The van der Waals surface area contributed by atoms with Gasteiger partial charge in [0.05, 0.1) is 30.3 Å². The van der Waals surface area contributed by atoms with Gasteiger partial charge in [-0.3, -0.25) is 4.90 Å². The largest absolute Gasteiger partial charge is 0.371 e. The zero-order valence-corrected chi connectivity index (χ0v) is 9.95. The lowest BCUT2D eigenvalue weighted by atomic mass is 10.1. The van der Waals surface area contributed by atoms with Crippen molar-refractivity contribution in [1.82, 2.24) is 4.90 Å². The molecule has 0 saturated carbocycles. The van der Waals surface area contributed by atoms with Gasteiger partial charge in [-0.25, -0.2) is 4.39 Å². The van der Waals surface area contributed by atoms with Crippen LogP contribution < -0.4 is 0 Å². The molecule has 90 valence electrons. The van der Waals surface area contributed by atoms with E-state index >= 15 is 0 Å². The summed E-state index contributed by atoms with van der Waals surface area (Å²) >= 11 is 5.73. The Morgan fingerprint density at radius 3 is 3.12 bits per heavy atom. The van der Waals surface area contributed by atoms with E-state index in [9.17, 15) is 4.39 Å². The molecule has 0 aromatic heterocycles. The zero-order chi connectivity index (χ0) is 12.3. The lowest BCUT2D eigenvalue weighted by Gasteiger charge is -2.31. The van der Waals surface area contributed by atoms with E-state index in [1.165, 1.54) is 6.07 Å². The molecule has 1 aliphatic heterocycles. The predicted molar refractivity (Wildman–Crippen MR) is 62.2 cm³/mol. The maximum absolute atomic E-state index is 13.0. The molecule has 0 N–H and O–H groups in total. The minimum absolute atomic E-state index is 0.100. The van der Waals surface area contributed by atoms with Crippen LogP contribution in [0, 0.1) is 17.1 Å². The average molecular weight is 255 g/mol. The molecule has 3 nitrogen and oxygen atoms in total. The smallest absolute Gasteiger partial charge is 0.141 e. The van der Waals surface area contributed by atoms with Gasteiger partial charge >= 0.3 is 0 Å². The van der Waals surface area contributed by atoms with Crippen LogP contribution in [-0.4, -0.2) is 31.1 Å². The fourth-order valence-corrected chi connectivity index (χ4v) is 2.05. The third kappa shape index (κ3) is 2.95. The summed E-state index contributed by atoms with van der Waals surface area (Å²) in [4.78, 5) is 2.01. The van der Waals surface area contributed by atoms with Crippen molar-refractivity contribution in [3.8, 4) is 6.07 Å². The monoisotopic (exact) mass is 254 g/mol. The van der Waals surface area contributed by atoms with Crippen molar-refractivity contribution in [2.75, 3.05) is 26.2 Å². The highest BCUT2D eigenvalue weighted by atomic mass is 35.5. The standard InChI is InChI=1S/C12H12ClFN2O/c13-10-7-9(1-2-11(10)14)12-8-16(4-3-15)5-6-17-12/h1-2,7,12H,4-6,8H2. The van der Waals surface area contributed by atoms with Crippen molar-refractivity contribution in [3.63, 3.8) is 0 Å². The summed E-state index contributed by atoms with van der Waals surface area (Å²) in [5.74, 6) is -0.430. The van der Waals surface area contributed by atoms with Crippen molar-refractivity contribution < 1.29 is 9.13 Å². The summed E-state index contributed by atoms with van der Waals surface area (Å²) in [7, 11) is 0. The Bertz CT molecular complexity index is 447. The Balaban J connectivity index is 2.11. The molecule has 1 aromatic carbocycles. The van der Waals surface area contributed by atoms with Gasteiger partial charge in [-0.2, -0.15) is 5.26 Å². The Morgan fingerprint density at radius 2 is 2.41 bits per heavy atom. The second kappa shape index (κ2) is 5.46. The number of nitrogens with zero attached hydrogens (tertiary/aromatic N) is 2. The number of halogens is 2. The van der Waals surface area contributed by atoms with Crippen LogP contribution >= 0.6 is 11.6 Å². The first-order chi connectivity index (χ1) is 8.20. The first kappa shape index (κ1) is 12.3. The van der Waals surface area contributed by atoms with Gasteiger partial charge in [-0.1, -0.05) is 17.7 Å². The number of nitriles is 1. The second-order valence-electron chi connectivity index (χ2n) is 3.93. The number of hydrogen-bond donors (Lipinski definition) is 0. The van der Waals surface area contributed by atoms with Crippen LogP contribution in [0.5, 0.6) is 0 Å². The highest BCUT2D eigenvalue weighted by Gasteiger charge is 2.22. The first-order valence-electron chi connectivity index (χ1n) is 5.36. The molecule has 1 atom stereocenters. The van der Waals surface area contributed by atoms with Crippen LogP contribution in [0.2, 0.25) is 5.02 Å². The quantitative estimate of drug-likeness (QED) is 0.761. The van der Waals surface area contributed by atoms with Crippen molar-refractivity contribution in [1.29, 1.82) is 5.26 Å². The van der Waals surface area contributed by atoms with Crippen molar-refractivity contribution in [3.05, 3.63) is 34.6 Å². The SMILES string of the molecule is N#CCN1CCOC(c2ccc(F)c(Cl)c2)C1. The summed E-state index contributed by atoms with van der Waals surface area (Å²) in [6.45, 7) is 2.34. The fourth-order valence-electron chi connectivity index (χ4n) is 1.86. The second-order valence-corrected chi connectivity index (χ2v) is 4.33. The molecule has 2 rings (SSSR count). The van der Waals surface area contributed by atoms with E-state index in [0.717, 1.165) is 12.1 Å². The summed E-state index contributed by atoms with van der Waals surface area (Å²) in [5.41, 5.74) is 0.846. The van der Waals surface area contributed by atoms with E-state index < -0.39 is 5.82 Å². The van der Waals surface area contributed by atoms with E-state index in [0.29, 0.717) is 19.7 Å². The van der Waals surface area contributed by atoms with Crippen LogP contribution in [0.4, 0.5) is 4.39 Å². The fraction of sp³-hybridized carbons (Fsp3) is 0.417. The van der Waals surface area contributed by atoms with E-state index in [1.807, 2.05) is 4.90 Å². The zero-order valence-electron chi connectivity index (χ0n) is 9.20. The summed E-state index contributed by atoms with van der Waals surface area (Å²) in [6.07, 6.45) is -0.143. The molecule has 1 saturated heterocycles. The van der Waals surface area contributed by atoms with Crippen molar-refractivity contribution >= 4 is 11.6 Å². The molecular weight excluding hydrogens is 243 g/mol. The highest BCUT2D eigenvalue weighted by Crippen LogP contribution is 2.25. The third-order valence-electron chi connectivity index (χ3n) is 2.76. The maximum Gasteiger partial charge on any atom is 0.141 e. The highest BCUT2D eigenvalue weighted by molar-refractivity contribution is 6.30. The molecule has 1 heterocycles. The van der Waals surface area contributed by atoms with Crippen LogP contribution in [0.15, 0.2) is 18.2 Å². The molecule has 5 heteroatoms. The van der Waals surface area contributed by atoms with Crippen molar-refractivity contribution in [2.45, 2.75) is 6.10 Å². The van der Waals surface area contributed by atoms with Crippen LogP contribution in [-0.2, 0) is 4.74 Å². The van der Waals surface area contributed by atoms with Crippen LogP contribution in [0.3, 0.4) is 0 Å². The van der Waals surface area contributed by atoms with E-state index in [1.54, 1.807) is 12.1 Å². The number of rotatable bonds is 2. The molecule has 17 heavy (non-hydrogen) atoms. The number of ether oxygens (including phenoxy) is 1. The maximum atomic E-state index is 13.0. The van der Waals surface area contributed by atoms with Crippen LogP contribution in [0.25, 0.3) is 0 Å². The predicted octanol–water partition coefficient (Wildman–Crippen LogP) is 2.38. The molecule has 1 unspecified atom stereocenters. The topological polar surface area (TPSA) is 36.3 Å². The molecule has 0 radical (unpaired) electrons. The minimum Gasteiger partial charge on any atom is -0.371 e. The van der Waals surface area contributed by atoms with Gasteiger partial charge in [-0.15, -0.1) is 0 Å². The Hall–Kier alpha value is -1.15. The summed E-state index contributed by atoms with van der Waals surface area (Å²) < 4.78 is 18.6. The van der Waals surface area contributed by atoms with E-state index in [2.05, 4.69) is 6.07 Å². The molecule has 1 aliphatic rings. The van der Waals surface area contributed by atoms with Gasteiger partial charge in [0, 0.05) is 13.1 Å². The van der Waals surface area contributed by atoms with E-state index in [4.69, 9.17) is 21.6 Å². The van der Waals surface area contributed by atoms with Gasteiger partial charge in [0.15, 0.2) is 0 Å². The first-order valence-corrected chi connectivity index (χ1v) is 5.74.